The van der Waals surface area contributed by atoms with Gasteiger partial charge in [-0.05, 0) is 26.2 Å². The van der Waals surface area contributed by atoms with E-state index in [1.807, 2.05) is 0 Å². The summed E-state index contributed by atoms with van der Waals surface area (Å²) in [6.07, 6.45) is 0.891. The highest BCUT2D eigenvalue weighted by Gasteiger charge is 2.29. The number of carbonyl (C=O) groups is 1. The lowest BCUT2D eigenvalue weighted by atomic mass is 9.97. The van der Waals surface area contributed by atoms with Gasteiger partial charge in [-0.15, -0.1) is 0 Å². The highest BCUT2D eigenvalue weighted by atomic mass is 32.2. The van der Waals surface area contributed by atoms with Crippen LogP contribution in [-0.4, -0.2) is 26.8 Å². The molecule has 1 atom stereocenters. The predicted octanol–water partition coefficient (Wildman–Crippen LogP) is 1.89. The monoisotopic (exact) mass is 220 g/mol. The third-order valence-corrected chi connectivity index (χ3v) is 3.76. The van der Waals surface area contributed by atoms with Crippen LogP contribution in [0.4, 0.5) is 0 Å². The second-order valence-electron chi connectivity index (χ2n) is 4.66. The summed E-state index contributed by atoms with van der Waals surface area (Å²) in [5, 5.41) is 8.83. The van der Waals surface area contributed by atoms with E-state index >= 15 is 0 Å². The van der Waals surface area contributed by atoms with Crippen LogP contribution < -0.4 is 0 Å². The summed E-state index contributed by atoms with van der Waals surface area (Å²) in [6.45, 7) is 7.37. The molecule has 0 aromatic carbocycles. The molecule has 1 N–H and O–H groups in total. The summed E-state index contributed by atoms with van der Waals surface area (Å²) >= 11 is 0. The quantitative estimate of drug-likeness (QED) is 0.743. The molecule has 0 aliphatic rings. The van der Waals surface area contributed by atoms with E-state index in [1.54, 1.807) is 13.8 Å². The summed E-state index contributed by atoms with van der Waals surface area (Å²) in [5.41, 5.74) is -0.873. The minimum atomic E-state index is -1.01. The van der Waals surface area contributed by atoms with Crippen LogP contribution >= 0.6 is 0 Å². The normalized spacial score (nSPS) is 14.4. The number of carboxylic acids is 1. The summed E-state index contributed by atoms with van der Waals surface area (Å²) in [5.74, 6) is 0.492. The van der Waals surface area contributed by atoms with Crippen molar-refractivity contribution in [2.75, 3.05) is 11.5 Å². The van der Waals surface area contributed by atoms with Crippen molar-refractivity contribution in [3.8, 4) is 0 Å². The van der Waals surface area contributed by atoms with E-state index in [9.17, 15) is 9.00 Å². The molecule has 0 aromatic heterocycles. The Morgan fingerprint density at radius 3 is 2.29 bits per heavy atom. The fourth-order valence-electron chi connectivity index (χ4n) is 0.904. The van der Waals surface area contributed by atoms with Gasteiger partial charge in [0.15, 0.2) is 0 Å². The first-order valence-electron chi connectivity index (χ1n) is 4.84. The standard InChI is InChI=1S/C10H20O3S/c1-8(2)5-6-14(13)7-10(3,4)9(11)12/h8H,5-7H2,1-4H3,(H,11,12). The molecule has 0 saturated heterocycles. The van der Waals surface area contributed by atoms with Crippen LogP contribution in [0.2, 0.25) is 0 Å². The van der Waals surface area contributed by atoms with Crippen LogP contribution in [0.25, 0.3) is 0 Å². The molecule has 0 amide bonds. The molecule has 0 heterocycles. The average Bonchev–Trinajstić information content (AvgIpc) is 1.99. The van der Waals surface area contributed by atoms with E-state index in [2.05, 4.69) is 13.8 Å². The molecule has 0 bridgehead atoms. The lowest BCUT2D eigenvalue weighted by Gasteiger charge is -2.18. The summed E-state index contributed by atoms with van der Waals surface area (Å²) in [6, 6.07) is 0. The lowest BCUT2D eigenvalue weighted by molar-refractivity contribution is -0.145. The van der Waals surface area contributed by atoms with E-state index in [0.717, 1.165) is 6.42 Å². The Labute approximate surface area is 88.4 Å². The van der Waals surface area contributed by atoms with Gasteiger partial charge < -0.3 is 5.11 Å². The Bertz CT molecular complexity index is 221. The van der Waals surface area contributed by atoms with Crippen molar-refractivity contribution in [3.63, 3.8) is 0 Å². The van der Waals surface area contributed by atoms with Crippen molar-refractivity contribution in [3.05, 3.63) is 0 Å². The zero-order valence-electron chi connectivity index (χ0n) is 9.37. The summed E-state index contributed by atoms with van der Waals surface area (Å²) < 4.78 is 11.5. The van der Waals surface area contributed by atoms with E-state index in [0.29, 0.717) is 11.7 Å². The summed E-state index contributed by atoms with van der Waals surface area (Å²) in [4.78, 5) is 10.8. The molecule has 0 aromatic rings. The van der Waals surface area contributed by atoms with Crippen molar-refractivity contribution < 1.29 is 14.1 Å². The van der Waals surface area contributed by atoms with Crippen molar-refractivity contribution >= 4 is 16.8 Å². The first-order valence-corrected chi connectivity index (χ1v) is 6.33. The van der Waals surface area contributed by atoms with Gasteiger partial charge in [-0.3, -0.25) is 9.00 Å². The SMILES string of the molecule is CC(C)CCS(=O)CC(C)(C)C(=O)O. The van der Waals surface area contributed by atoms with Gasteiger partial charge >= 0.3 is 5.97 Å². The van der Waals surface area contributed by atoms with Crippen molar-refractivity contribution in [1.82, 2.24) is 0 Å². The van der Waals surface area contributed by atoms with E-state index in [4.69, 9.17) is 5.11 Å². The fourth-order valence-corrected chi connectivity index (χ4v) is 2.71. The van der Waals surface area contributed by atoms with E-state index in [1.165, 1.54) is 0 Å². The number of carboxylic acid groups (broad SMARTS) is 1. The van der Waals surface area contributed by atoms with Crippen LogP contribution in [0.15, 0.2) is 0 Å². The van der Waals surface area contributed by atoms with E-state index < -0.39 is 22.2 Å². The van der Waals surface area contributed by atoms with E-state index in [-0.39, 0.29) is 5.75 Å². The molecular formula is C10H20O3S. The van der Waals surface area contributed by atoms with Gasteiger partial charge in [0, 0.05) is 22.3 Å². The second-order valence-corrected chi connectivity index (χ2v) is 6.24. The fraction of sp³-hybridized carbons (Fsp3) is 0.900. The minimum Gasteiger partial charge on any atom is -0.481 e. The molecule has 4 heteroatoms. The van der Waals surface area contributed by atoms with Crippen LogP contribution in [0.3, 0.4) is 0 Å². The van der Waals surface area contributed by atoms with Crippen molar-refractivity contribution in [1.29, 1.82) is 0 Å². The molecule has 0 radical (unpaired) electrons. The second kappa shape index (κ2) is 5.49. The minimum absolute atomic E-state index is 0.245. The lowest BCUT2D eigenvalue weighted by Crippen LogP contribution is -2.30. The number of rotatable bonds is 6. The number of aliphatic carboxylic acids is 1. The van der Waals surface area contributed by atoms with Crippen LogP contribution in [0.5, 0.6) is 0 Å². The largest absolute Gasteiger partial charge is 0.481 e. The Kier molecular flexibility index (Phi) is 5.34. The Balaban J connectivity index is 4.00. The molecule has 0 aliphatic heterocycles. The van der Waals surface area contributed by atoms with Gasteiger partial charge in [0.05, 0.1) is 5.41 Å². The van der Waals surface area contributed by atoms with Gasteiger partial charge in [-0.2, -0.15) is 0 Å². The molecule has 0 spiro atoms. The van der Waals surface area contributed by atoms with Gasteiger partial charge in [-0.25, -0.2) is 0 Å². The Morgan fingerprint density at radius 2 is 1.93 bits per heavy atom. The van der Waals surface area contributed by atoms with Crippen LogP contribution in [0, 0.1) is 11.3 Å². The molecule has 1 unspecified atom stereocenters. The third-order valence-electron chi connectivity index (χ3n) is 2.02. The molecule has 3 nitrogen and oxygen atoms in total. The van der Waals surface area contributed by atoms with Gasteiger partial charge in [-0.1, -0.05) is 13.8 Å². The van der Waals surface area contributed by atoms with Crippen molar-refractivity contribution in [2.45, 2.75) is 34.1 Å². The highest BCUT2D eigenvalue weighted by Crippen LogP contribution is 2.17. The van der Waals surface area contributed by atoms with Gasteiger partial charge in [0.25, 0.3) is 0 Å². The predicted molar refractivity (Wildman–Crippen MR) is 58.7 cm³/mol. The molecule has 84 valence electrons. The maximum Gasteiger partial charge on any atom is 0.310 e. The van der Waals surface area contributed by atoms with Crippen LogP contribution in [0.1, 0.15) is 34.1 Å². The molecular weight excluding hydrogens is 200 g/mol. The van der Waals surface area contributed by atoms with Crippen molar-refractivity contribution in [2.24, 2.45) is 11.3 Å². The molecule has 0 aliphatic carbocycles. The number of hydrogen-bond donors (Lipinski definition) is 1. The first-order chi connectivity index (χ1) is 6.25. The molecule has 0 saturated carbocycles. The zero-order valence-corrected chi connectivity index (χ0v) is 10.2. The molecule has 0 fully saturated rings. The molecule has 14 heavy (non-hydrogen) atoms. The highest BCUT2D eigenvalue weighted by molar-refractivity contribution is 7.85. The average molecular weight is 220 g/mol. The maximum atomic E-state index is 11.5. The van der Waals surface area contributed by atoms with Gasteiger partial charge in [0.1, 0.15) is 0 Å². The number of hydrogen-bond acceptors (Lipinski definition) is 2. The first kappa shape index (κ1) is 13.6. The maximum absolute atomic E-state index is 11.5. The van der Waals surface area contributed by atoms with Crippen LogP contribution in [-0.2, 0) is 15.6 Å². The molecule has 0 rings (SSSR count). The van der Waals surface area contributed by atoms with Gasteiger partial charge in [0.2, 0.25) is 0 Å². The summed E-state index contributed by atoms with van der Waals surface area (Å²) in [7, 11) is -1.01. The smallest absolute Gasteiger partial charge is 0.310 e. The zero-order chi connectivity index (χ0) is 11.4. The Morgan fingerprint density at radius 1 is 1.43 bits per heavy atom. The Hall–Kier alpha value is -0.380. The topological polar surface area (TPSA) is 54.4 Å². The third kappa shape index (κ3) is 5.37.